The molecule has 28 heavy (non-hydrogen) atoms. The highest BCUT2D eigenvalue weighted by atomic mass is 32.2. The van der Waals surface area contributed by atoms with Gasteiger partial charge < -0.3 is 5.32 Å². The maximum Gasteiger partial charge on any atom is 0.266 e. The molecule has 6 heteroatoms. The summed E-state index contributed by atoms with van der Waals surface area (Å²) in [6.07, 6.45) is 9.92. The number of carbonyl (C=O) groups excluding carboxylic acids is 2. The van der Waals surface area contributed by atoms with Crippen molar-refractivity contribution >= 4 is 46.2 Å². The minimum atomic E-state index is -0.110. The maximum atomic E-state index is 12.7. The lowest BCUT2D eigenvalue weighted by atomic mass is 9.95. The Kier molecular flexibility index (Phi) is 7.45. The summed E-state index contributed by atoms with van der Waals surface area (Å²) in [5.74, 6) is -0.105. The zero-order valence-electron chi connectivity index (χ0n) is 16.1. The van der Waals surface area contributed by atoms with Gasteiger partial charge >= 0.3 is 0 Å². The SMILES string of the molecule is CC(=C\c1ccccc1)/C=C1/SC(=S)N(CCC(=O)NC2CCCCC2)C1=O. The van der Waals surface area contributed by atoms with Gasteiger partial charge in [0.05, 0.1) is 4.91 Å². The Hall–Kier alpha value is -1.92. The van der Waals surface area contributed by atoms with Gasteiger partial charge in [0.1, 0.15) is 4.32 Å². The fourth-order valence-electron chi connectivity index (χ4n) is 3.51. The molecule has 4 nitrogen and oxygen atoms in total. The van der Waals surface area contributed by atoms with Crippen molar-refractivity contribution in [2.24, 2.45) is 0 Å². The van der Waals surface area contributed by atoms with Crippen LogP contribution in [0, 0.1) is 0 Å². The monoisotopic (exact) mass is 414 g/mol. The molecule has 1 aliphatic carbocycles. The van der Waals surface area contributed by atoms with Crippen molar-refractivity contribution in [2.75, 3.05) is 6.54 Å². The number of rotatable bonds is 6. The zero-order chi connectivity index (χ0) is 19.9. The van der Waals surface area contributed by atoms with E-state index in [1.165, 1.54) is 31.0 Å². The Morgan fingerprint density at radius 2 is 1.96 bits per heavy atom. The lowest BCUT2D eigenvalue weighted by Crippen LogP contribution is -2.39. The van der Waals surface area contributed by atoms with Gasteiger partial charge in [-0.1, -0.05) is 79.7 Å². The quantitative estimate of drug-likeness (QED) is 0.543. The molecule has 2 fully saturated rings. The van der Waals surface area contributed by atoms with Gasteiger partial charge in [-0.25, -0.2) is 0 Å². The van der Waals surface area contributed by atoms with Gasteiger partial charge in [0, 0.05) is 19.0 Å². The second kappa shape index (κ2) is 10.0. The first kappa shape index (κ1) is 20.8. The summed E-state index contributed by atoms with van der Waals surface area (Å²) in [5.41, 5.74) is 2.08. The molecule has 1 N–H and O–H groups in total. The molecular formula is C22H26N2O2S2. The highest BCUT2D eigenvalue weighted by molar-refractivity contribution is 8.26. The van der Waals surface area contributed by atoms with Crippen LogP contribution in [-0.4, -0.2) is 33.6 Å². The molecule has 148 valence electrons. The number of hydrogen-bond donors (Lipinski definition) is 1. The molecule has 0 atom stereocenters. The number of nitrogens with one attached hydrogen (secondary N) is 1. The van der Waals surface area contributed by atoms with Gasteiger partial charge in [-0.2, -0.15) is 0 Å². The summed E-state index contributed by atoms with van der Waals surface area (Å²) in [6, 6.07) is 10.3. The van der Waals surface area contributed by atoms with E-state index in [2.05, 4.69) is 5.32 Å². The van der Waals surface area contributed by atoms with Crippen LogP contribution < -0.4 is 5.32 Å². The maximum absolute atomic E-state index is 12.7. The van der Waals surface area contributed by atoms with Gasteiger partial charge in [0.2, 0.25) is 5.91 Å². The van der Waals surface area contributed by atoms with E-state index in [1.807, 2.05) is 49.4 Å². The molecule has 1 saturated carbocycles. The first-order chi connectivity index (χ1) is 13.5. The molecular weight excluding hydrogens is 388 g/mol. The smallest absolute Gasteiger partial charge is 0.266 e. The fourth-order valence-corrected chi connectivity index (χ4v) is 4.87. The first-order valence-corrected chi connectivity index (χ1v) is 11.0. The minimum absolute atomic E-state index is 0.00471. The number of benzene rings is 1. The largest absolute Gasteiger partial charge is 0.353 e. The second-order valence-corrected chi connectivity index (χ2v) is 8.96. The molecule has 0 aromatic heterocycles. The standard InChI is InChI=1S/C22H26N2O2S2/c1-16(14-17-8-4-2-5-9-17)15-19-21(26)24(22(27)28-19)13-12-20(25)23-18-10-6-3-7-11-18/h2,4-5,8-9,14-15,18H,3,6-7,10-13H2,1H3,(H,23,25)/b16-14+,19-15+. The van der Waals surface area contributed by atoms with Crippen LogP contribution in [-0.2, 0) is 9.59 Å². The Bertz CT molecular complexity index is 796. The number of allylic oxidation sites excluding steroid dienone is 2. The highest BCUT2D eigenvalue weighted by Gasteiger charge is 2.32. The van der Waals surface area contributed by atoms with E-state index in [1.54, 1.807) is 4.90 Å². The Balaban J connectivity index is 1.55. The summed E-state index contributed by atoms with van der Waals surface area (Å²) in [7, 11) is 0. The van der Waals surface area contributed by atoms with Gasteiger partial charge in [0.25, 0.3) is 5.91 Å². The van der Waals surface area contributed by atoms with E-state index < -0.39 is 0 Å². The Labute approximate surface area is 176 Å². The van der Waals surface area contributed by atoms with Gasteiger partial charge in [-0.15, -0.1) is 0 Å². The topological polar surface area (TPSA) is 49.4 Å². The Morgan fingerprint density at radius 1 is 1.25 bits per heavy atom. The average Bonchev–Trinajstić information content (AvgIpc) is 2.94. The van der Waals surface area contributed by atoms with Crippen molar-refractivity contribution in [3.63, 3.8) is 0 Å². The number of thioether (sulfide) groups is 1. The van der Waals surface area contributed by atoms with Crippen molar-refractivity contribution in [3.8, 4) is 0 Å². The third-order valence-electron chi connectivity index (χ3n) is 4.96. The number of carbonyl (C=O) groups is 2. The van der Waals surface area contributed by atoms with Crippen LogP contribution in [0.3, 0.4) is 0 Å². The molecule has 1 saturated heterocycles. The molecule has 1 heterocycles. The predicted octanol–water partition coefficient (Wildman–Crippen LogP) is 4.67. The molecule has 0 unspecified atom stereocenters. The summed E-state index contributed by atoms with van der Waals surface area (Å²) in [6.45, 7) is 2.30. The molecule has 0 radical (unpaired) electrons. The molecule has 1 aliphatic heterocycles. The van der Waals surface area contributed by atoms with Crippen LogP contribution in [0.5, 0.6) is 0 Å². The average molecular weight is 415 g/mol. The molecule has 3 rings (SSSR count). The Morgan fingerprint density at radius 3 is 2.68 bits per heavy atom. The van der Waals surface area contributed by atoms with Gasteiger partial charge in [-0.05, 0) is 37.0 Å². The van der Waals surface area contributed by atoms with Crippen LogP contribution >= 0.6 is 24.0 Å². The fraction of sp³-hybridized carbons (Fsp3) is 0.409. The van der Waals surface area contributed by atoms with Crippen LogP contribution in [0.4, 0.5) is 0 Å². The van der Waals surface area contributed by atoms with Crippen molar-refractivity contribution < 1.29 is 9.59 Å². The number of thiocarbonyl (C=S) groups is 1. The molecule has 2 aliphatic rings. The summed E-state index contributed by atoms with van der Waals surface area (Å²) in [4.78, 5) is 27.1. The van der Waals surface area contributed by atoms with Gasteiger partial charge in [-0.3, -0.25) is 14.5 Å². The second-order valence-electron chi connectivity index (χ2n) is 7.28. The van der Waals surface area contributed by atoms with E-state index in [4.69, 9.17) is 12.2 Å². The third-order valence-corrected chi connectivity index (χ3v) is 6.34. The number of amides is 2. The predicted molar refractivity (Wildman–Crippen MR) is 120 cm³/mol. The molecule has 0 bridgehead atoms. The normalized spacial score (nSPS) is 20.1. The van der Waals surface area contributed by atoms with E-state index in [0.29, 0.717) is 15.8 Å². The third kappa shape index (κ3) is 5.79. The highest BCUT2D eigenvalue weighted by Crippen LogP contribution is 2.32. The van der Waals surface area contributed by atoms with E-state index in [0.717, 1.165) is 24.0 Å². The minimum Gasteiger partial charge on any atom is -0.353 e. The molecule has 2 amide bonds. The van der Waals surface area contributed by atoms with E-state index in [-0.39, 0.29) is 24.3 Å². The van der Waals surface area contributed by atoms with Crippen molar-refractivity contribution in [3.05, 3.63) is 52.4 Å². The number of hydrogen-bond acceptors (Lipinski definition) is 4. The molecule has 1 aromatic carbocycles. The summed E-state index contributed by atoms with van der Waals surface area (Å²) < 4.78 is 0.522. The van der Waals surface area contributed by atoms with Crippen LogP contribution in [0.1, 0.15) is 51.0 Å². The molecule has 1 aromatic rings. The van der Waals surface area contributed by atoms with E-state index in [9.17, 15) is 9.59 Å². The van der Waals surface area contributed by atoms with Crippen molar-refractivity contribution in [1.82, 2.24) is 10.2 Å². The summed E-state index contributed by atoms with van der Waals surface area (Å²) in [5, 5.41) is 3.09. The lowest BCUT2D eigenvalue weighted by Gasteiger charge is -2.23. The van der Waals surface area contributed by atoms with Gasteiger partial charge in [0.15, 0.2) is 0 Å². The van der Waals surface area contributed by atoms with Crippen molar-refractivity contribution in [1.29, 1.82) is 0 Å². The zero-order valence-corrected chi connectivity index (χ0v) is 17.8. The number of nitrogens with zero attached hydrogens (tertiary/aromatic N) is 1. The molecule has 0 spiro atoms. The van der Waals surface area contributed by atoms with Crippen LogP contribution in [0.15, 0.2) is 46.9 Å². The van der Waals surface area contributed by atoms with Crippen LogP contribution in [0.25, 0.3) is 6.08 Å². The summed E-state index contributed by atoms with van der Waals surface area (Å²) >= 11 is 6.67. The van der Waals surface area contributed by atoms with Crippen LogP contribution in [0.2, 0.25) is 0 Å². The van der Waals surface area contributed by atoms with Crippen molar-refractivity contribution in [2.45, 2.75) is 51.5 Å². The lowest BCUT2D eigenvalue weighted by molar-refractivity contribution is -0.124. The first-order valence-electron chi connectivity index (χ1n) is 9.81. The van der Waals surface area contributed by atoms with E-state index >= 15 is 0 Å².